The number of carbonyl (C=O) groups is 2. The number of Topliss-reactive ketones (excluding diaryl/α,β-unsaturated/α-hetero) is 1. The molecule has 1 aromatic rings. The van der Waals surface area contributed by atoms with Crippen molar-refractivity contribution in [3.05, 3.63) is 28.8 Å². The standard InChI is InChI=1S/C11H8ClF3O3/c1-18-10-7(9(17)4-12)2-6(5-16)3-8(10)11(13,14)15/h2-3,5H,4H2,1H3. The van der Waals surface area contributed by atoms with E-state index in [0.717, 1.165) is 13.2 Å². The first-order chi connectivity index (χ1) is 8.35. The molecule has 0 radical (unpaired) electrons. The summed E-state index contributed by atoms with van der Waals surface area (Å²) >= 11 is 5.30. The van der Waals surface area contributed by atoms with Crippen LogP contribution >= 0.6 is 11.6 Å². The summed E-state index contributed by atoms with van der Waals surface area (Å²) in [6.07, 6.45) is -4.51. The Morgan fingerprint density at radius 3 is 2.44 bits per heavy atom. The van der Waals surface area contributed by atoms with E-state index in [2.05, 4.69) is 4.74 Å². The van der Waals surface area contributed by atoms with Crippen molar-refractivity contribution in [2.24, 2.45) is 0 Å². The molecule has 0 bridgehead atoms. The topological polar surface area (TPSA) is 43.4 Å². The Hall–Kier alpha value is -1.56. The summed E-state index contributed by atoms with van der Waals surface area (Å²) in [6, 6.07) is 1.64. The molecule has 0 amide bonds. The molecule has 18 heavy (non-hydrogen) atoms. The molecule has 0 fully saturated rings. The second kappa shape index (κ2) is 5.39. The third kappa shape index (κ3) is 2.81. The summed E-state index contributed by atoms with van der Waals surface area (Å²) in [6.45, 7) is 0. The van der Waals surface area contributed by atoms with Gasteiger partial charge in [-0.25, -0.2) is 0 Å². The predicted octanol–water partition coefficient (Wildman–Crippen LogP) is 2.95. The second-order valence-electron chi connectivity index (χ2n) is 3.32. The van der Waals surface area contributed by atoms with Crippen LogP contribution < -0.4 is 4.74 Å². The van der Waals surface area contributed by atoms with Gasteiger partial charge in [0, 0.05) is 5.56 Å². The van der Waals surface area contributed by atoms with Crippen LogP contribution in [0.2, 0.25) is 0 Å². The molecule has 0 saturated heterocycles. The average Bonchev–Trinajstić information content (AvgIpc) is 2.34. The lowest BCUT2D eigenvalue weighted by Crippen LogP contribution is -2.13. The Bertz CT molecular complexity index is 483. The molecule has 0 aliphatic carbocycles. The van der Waals surface area contributed by atoms with Gasteiger partial charge in [0.1, 0.15) is 12.0 Å². The summed E-state index contributed by atoms with van der Waals surface area (Å²) in [7, 11) is 1.01. The zero-order valence-electron chi connectivity index (χ0n) is 9.18. The zero-order valence-corrected chi connectivity index (χ0v) is 9.93. The normalized spacial score (nSPS) is 11.2. The highest BCUT2D eigenvalue weighted by atomic mass is 35.5. The van der Waals surface area contributed by atoms with Crippen molar-refractivity contribution < 1.29 is 27.5 Å². The number of carbonyl (C=O) groups excluding carboxylic acids is 2. The van der Waals surface area contributed by atoms with E-state index in [4.69, 9.17) is 11.6 Å². The summed E-state index contributed by atoms with van der Waals surface area (Å²) in [4.78, 5) is 22.0. The lowest BCUT2D eigenvalue weighted by molar-refractivity contribution is -0.138. The number of ketones is 1. The van der Waals surface area contributed by atoms with Crippen LogP contribution in [-0.2, 0) is 6.18 Å². The summed E-state index contributed by atoms with van der Waals surface area (Å²) in [5, 5.41) is 0. The van der Waals surface area contributed by atoms with Crippen molar-refractivity contribution in [2.45, 2.75) is 6.18 Å². The molecule has 7 heteroatoms. The van der Waals surface area contributed by atoms with Gasteiger partial charge in [-0.1, -0.05) is 0 Å². The van der Waals surface area contributed by atoms with Crippen LogP contribution in [0.1, 0.15) is 26.3 Å². The summed E-state index contributed by atoms with van der Waals surface area (Å²) in [5.74, 6) is -1.88. The van der Waals surface area contributed by atoms with E-state index in [9.17, 15) is 22.8 Å². The Kier molecular flexibility index (Phi) is 4.34. The Balaban J connectivity index is 3.60. The van der Waals surface area contributed by atoms with Crippen LogP contribution in [0.25, 0.3) is 0 Å². The van der Waals surface area contributed by atoms with Gasteiger partial charge in [-0.3, -0.25) is 9.59 Å². The molecule has 0 N–H and O–H groups in total. The van der Waals surface area contributed by atoms with Crippen molar-refractivity contribution in [3.63, 3.8) is 0 Å². The van der Waals surface area contributed by atoms with Gasteiger partial charge in [-0.05, 0) is 12.1 Å². The van der Waals surface area contributed by atoms with Gasteiger partial charge < -0.3 is 4.74 Å². The lowest BCUT2D eigenvalue weighted by Gasteiger charge is -2.15. The molecular weight excluding hydrogens is 273 g/mol. The van der Waals surface area contributed by atoms with Crippen molar-refractivity contribution in [1.82, 2.24) is 0 Å². The third-order valence-corrected chi connectivity index (χ3v) is 2.42. The second-order valence-corrected chi connectivity index (χ2v) is 3.59. The first-order valence-corrected chi connectivity index (χ1v) is 5.22. The number of methoxy groups -OCH3 is 1. The first-order valence-electron chi connectivity index (χ1n) is 4.68. The molecule has 0 saturated carbocycles. The van der Waals surface area contributed by atoms with E-state index in [1.54, 1.807) is 0 Å². The fourth-order valence-corrected chi connectivity index (χ4v) is 1.57. The average molecular weight is 281 g/mol. The van der Waals surface area contributed by atoms with Gasteiger partial charge in [0.05, 0.1) is 24.1 Å². The SMILES string of the molecule is COc1c(C(=O)CCl)cc(C=O)cc1C(F)(F)F. The molecule has 1 rings (SSSR count). The van der Waals surface area contributed by atoms with Crippen molar-refractivity contribution in [1.29, 1.82) is 0 Å². The van der Waals surface area contributed by atoms with Crippen LogP contribution in [0.3, 0.4) is 0 Å². The Labute approximate surface area is 105 Å². The minimum atomic E-state index is -4.73. The summed E-state index contributed by atoms with van der Waals surface area (Å²) in [5.41, 5.74) is -1.80. The van der Waals surface area contributed by atoms with Crippen molar-refractivity contribution >= 4 is 23.7 Å². The van der Waals surface area contributed by atoms with E-state index in [-0.39, 0.29) is 17.4 Å². The molecule has 0 heterocycles. The van der Waals surface area contributed by atoms with Gasteiger partial charge in [0.25, 0.3) is 0 Å². The van der Waals surface area contributed by atoms with Gasteiger partial charge in [-0.2, -0.15) is 13.2 Å². The van der Waals surface area contributed by atoms with E-state index in [1.807, 2.05) is 0 Å². The van der Waals surface area contributed by atoms with E-state index in [1.165, 1.54) is 0 Å². The first kappa shape index (κ1) is 14.5. The maximum atomic E-state index is 12.8. The Morgan fingerprint density at radius 2 is 2.06 bits per heavy atom. The molecule has 98 valence electrons. The van der Waals surface area contributed by atoms with E-state index >= 15 is 0 Å². The number of benzene rings is 1. The highest BCUT2D eigenvalue weighted by Crippen LogP contribution is 2.39. The van der Waals surface area contributed by atoms with E-state index < -0.39 is 29.2 Å². The van der Waals surface area contributed by atoms with Crippen LogP contribution in [0.15, 0.2) is 12.1 Å². The smallest absolute Gasteiger partial charge is 0.420 e. The van der Waals surface area contributed by atoms with Crippen LogP contribution in [0.5, 0.6) is 5.75 Å². The zero-order chi connectivity index (χ0) is 13.9. The maximum Gasteiger partial charge on any atom is 0.420 e. The monoisotopic (exact) mass is 280 g/mol. The number of hydrogen-bond donors (Lipinski definition) is 0. The molecule has 0 aliphatic rings. The Morgan fingerprint density at radius 1 is 1.44 bits per heavy atom. The number of rotatable bonds is 4. The quantitative estimate of drug-likeness (QED) is 0.484. The number of ether oxygens (including phenoxy) is 1. The number of alkyl halides is 4. The highest BCUT2D eigenvalue weighted by molar-refractivity contribution is 6.31. The fraction of sp³-hybridized carbons (Fsp3) is 0.273. The maximum absolute atomic E-state index is 12.8. The van der Waals surface area contributed by atoms with Crippen LogP contribution in [0, 0.1) is 0 Å². The fourth-order valence-electron chi connectivity index (χ4n) is 1.43. The summed E-state index contributed by atoms with van der Waals surface area (Å²) < 4.78 is 42.9. The van der Waals surface area contributed by atoms with Gasteiger partial charge >= 0.3 is 6.18 Å². The molecule has 1 aromatic carbocycles. The van der Waals surface area contributed by atoms with Gasteiger partial charge in [-0.15, -0.1) is 11.6 Å². The molecule has 0 spiro atoms. The number of aldehydes is 1. The minimum absolute atomic E-state index is 0.222. The van der Waals surface area contributed by atoms with Crippen LogP contribution in [0.4, 0.5) is 13.2 Å². The molecule has 0 aliphatic heterocycles. The minimum Gasteiger partial charge on any atom is -0.495 e. The molecule has 0 unspecified atom stereocenters. The molecule has 0 atom stereocenters. The predicted molar refractivity (Wildman–Crippen MR) is 58.4 cm³/mol. The molecule has 0 aromatic heterocycles. The van der Waals surface area contributed by atoms with Crippen molar-refractivity contribution in [3.8, 4) is 5.75 Å². The van der Waals surface area contributed by atoms with Gasteiger partial charge in [0.15, 0.2) is 5.78 Å². The van der Waals surface area contributed by atoms with E-state index in [0.29, 0.717) is 6.07 Å². The van der Waals surface area contributed by atoms with Crippen LogP contribution in [-0.4, -0.2) is 25.1 Å². The number of halogens is 4. The number of hydrogen-bond acceptors (Lipinski definition) is 3. The molecular formula is C11H8ClF3O3. The molecule has 3 nitrogen and oxygen atoms in total. The lowest BCUT2D eigenvalue weighted by atomic mass is 10.0. The third-order valence-electron chi connectivity index (χ3n) is 2.18. The largest absolute Gasteiger partial charge is 0.495 e. The van der Waals surface area contributed by atoms with Gasteiger partial charge in [0.2, 0.25) is 0 Å². The van der Waals surface area contributed by atoms with Crippen molar-refractivity contribution in [2.75, 3.05) is 13.0 Å². The highest BCUT2D eigenvalue weighted by Gasteiger charge is 2.36.